The van der Waals surface area contributed by atoms with Crippen molar-refractivity contribution in [1.82, 2.24) is 14.1 Å². The number of carbonyl (C=O) groups is 1. The lowest BCUT2D eigenvalue weighted by Crippen LogP contribution is -2.38. The quantitative estimate of drug-likeness (QED) is 0.757. The number of amides is 1. The van der Waals surface area contributed by atoms with Gasteiger partial charge in [0.2, 0.25) is 0 Å². The third-order valence-corrected chi connectivity index (χ3v) is 4.35. The van der Waals surface area contributed by atoms with E-state index in [-0.39, 0.29) is 22.3 Å². The molecule has 0 bridgehead atoms. The molecule has 0 unspecified atom stereocenters. The number of aryl methyl sites for hydroxylation is 2. The number of nitrogens with zero attached hydrogens (tertiary/aromatic N) is 3. The van der Waals surface area contributed by atoms with E-state index in [1.807, 2.05) is 6.92 Å². The molecule has 9 heteroatoms. The van der Waals surface area contributed by atoms with Gasteiger partial charge in [-0.3, -0.25) is 18.7 Å². The Morgan fingerprint density at radius 2 is 1.85 bits per heavy atom. The second-order valence-corrected chi connectivity index (χ2v) is 6.00. The van der Waals surface area contributed by atoms with Gasteiger partial charge in [0.25, 0.3) is 11.5 Å². The molecule has 7 nitrogen and oxygen atoms in total. The van der Waals surface area contributed by atoms with Crippen LogP contribution in [0.1, 0.15) is 22.8 Å². The van der Waals surface area contributed by atoms with Crippen LogP contribution in [0.15, 0.2) is 34.0 Å². The van der Waals surface area contributed by atoms with Gasteiger partial charge in [-0.15, -0.1) is 0 Å². The fourth-order valence-corrected chi connectivity index (χ4v) is 2.80. The van der Waals surface area contributed by atoms with Gasteiger partial charge in [0, 0.05) is 25.9 Å². The number of halogens is 2. The molecule has 2 heterocycles. The molecule has 0 aliphatic carbocycles. The zero-order valence-corrected chi connectivity index (χ0v) is 14.8. The van der Waals surface area contributed by atoms with Crippen LogP contribution in [0.5, 0.6) is 0 Å². The fraction of sp³-hybridized carbons (Fsp3) is 0.222. The molecule has 0 fully saturated rings. The molecule has 0 radical (unpaired) electrons. The lowest BCUT2D eigenvalue weighted by molar-refractivity contribution is 0.102. The first-order valence-electron chi connectivity index (χ1n) is 8.10. The van der Waals surface area contributed by atoms with Gasteiger partial charge < -0.3 is 5.32 Å². The molecule has 27 heavy (non-hydrogen) atoms. The van der Waals surface area contributed by atoms with E-state index >= 15 is 0 Å². The first kappa shape index (κ1) is 18.4. The van der Waals surface area contributed by atoms with E-state index < -0.39 is 28.8 Å². The van der Waals surface area contributed by atoms with E-state index in [2.05, 4.69) is 10.3 Å². The highest BCUT2D eigenvalue weighted by Gasteiger charge is 2.19. The van der Waals surface area contributed by atoms with Gasteiger partial charge in [-0.25, -0.2) is 18.6 Å². The van der Waals surface area contributed by atoms with Crippen molar-refractivity contribution in [2.75, 3.05) is 5.32 Å². The first-order chi connectivity index (χ1) is 12.8. The number of anilines is 1. The Labute approximate surface area is 151 Å². The highest BCUT2D eigenvalue weighted by Crippen LogP contribution is 2.24. The summed E-state index contributed by atoms with van der Waals surface area (Å²) in [4.78, 5) is 41.5. The van der Waals surface area contributed by atoms with Crippen molar-refractivity contribution in [2.45, 2.75) is 13.3 Å². The maximum Gasteiger partial charge on any atom is 0.332 e. The molecule has 0 aliphatic rings. The Bertz CT molecular complexity index is 1200. The Morgan fingerprint density at radius 1 is 1.15 bits per heavy atom. The van der Waals surface area contributed by atoms with Gasteiger partial charge in [-0.05, 0) is 30.2 Å². The monoisotopic (exact) mass is 374 g/mol. The summed E-state index contributed by atoms with van der Waals surface area (Å²) in [6.07, 6.45) is 1.91. The Kier molecular flexibility index (Phi) is 4.61. The van der Waals surface area contributed by atoms with Crippen LogP contribution >= 0.6 is 0 Å². The SMILES string of the molecule is CCc1cnc2c(c1NC(=O)c1ccc(F)c(F)c1)c(=O)n(C)c(=O)n2C. The second-order valence-electron chi connectivity index (χ2n) is 6.00. The molecule has 3 aromatic rings. The van der Waals surface area contributed by atoms with E-state index in [0.717, 1.165) is 22.8 Å². The number of carbonyl (C=O) groups excluding carboxylic acids is 1. The number of pyridine rings is 1. The number of aromatic nitrogens is 3. The Morgan fingerprint density at radius 3 is 2.48 bits per heavy atom. The lowest BCUT2D eigenvalue weighted by atomic mass is 10.1. The first-order valence-corrected chi connectivity index (χ1v) is 8.10. The zero-order valence-electron chi connectivity index (χ0n) is 14.8. The molecule has 3 rings (SSSR count). The molecule has 0 aliphatic heterocycles. The maximum atomic E-state index is 13.4. The summed E-state index contributed by atoms with van der Waals surface area (Å²) >= 11 is 0. The van der Waals surface area contributed by atoms with Crippen LogP contribution in [0.4, 0.5) is 14.5 Å². The topological polar surface area (TPSA) is 86.0 Å². The number of hydrogen-bond acceptors (Lipinski definition) is 4. The molecule has 0 spiro atoms. The van der Waals surface area contributed by atoms with Gasteiger partial charge >= 0.3 is 5.69 Å². The summed E-state index contributed by atoms with van der Waals surface area (Å²) in [6.45, 7) is 1.81. The van der Waals surface area contributed by atoms with E-state index in [1.165, 1.54) is 24.9 Å². The lowest BCUT2D eigenvalue weighted by Gasteiger charge is -2.15. The van der Waals surface area contributed by atoms with Crippen LogP contribution in [0.3, 0.4) is 0 Å². The molecule has 1 aromatic carbocycles. The van der Waals surface area contributed by atoms with Crippen molar-refractivity contribution in [3.05, 3.63) is 68.0 Å². The normalized spacial score (nSPS) is 11.0. The minimum atomic E-state index is -1.16. The minimum absolute atomic E-state index is 0.0647. The molecular weight excluding hydrogens is 358 g/mol. The van der Waals surface area contributed by atoms with Gasteiger partial charge in [0.15, 0.2) is 17.3 Å². The smallest absolute Gasteiger partial charge is 0.321 e. The number of nitrogens with one attached hydrogen (secondary N) is 1. The standard InChI is InChI=1S/C18H16F2N4O3/c1-4-9-8-21-15-13(17(26)24(3)18(27)23(15)2)14(9)22-16(25)10-5-6-11(19)12(20)7-10/h5-8H,4H2,1-3H3,(H,21,22,25). The van der Waals surface area contributed by atoms with Gasteiger partial charge in [0.1, 0.15) is 5.39 Å². The molecule has 0 saturated heterocycles. The van der Waals surface area contributed by atoms with Crippen LogP contribution < -0.4 is 16.6 Å². The summed E-state index contributed by atoms with van der Waals surface area (Å²) in [5, 5.41) is 2.65. The maximum absolute atomic E-state index is 13.4. The summed E-state index contributed by atoms with van der Waals surface area (Å²) in [7, 11) is 2.79. The average Bonchev–Trinajstić information content (AvgIpc) is 2.66. The van der Waals surface area contributed by atoms with Gasteiger partial charge in [-0.2, -0.15) is 0 Å². The number of fused-ring (bicyclic) bond motifs is 1. The molecule has 0 atom stereocenters. The van der Waals surface area contributed by atoms with Crippen molar-refractivity contribution in [3.8, 4) is 0 Å². The average molecular weight is 374 g/mol. The minimum Gasteiger partial charge on any atom is -0.321 e. The van der Waals surface area contributed by atoms with E-state index in [9.17, 15) is 23.2 Å². The molecule has 1 amide bonds. The highest BCUT2D eigenvalue weighted by atomic mass is 19.2. The summed E-state index contributed by atoms with van der Waals surface area (Å²) in [5.41, 5.74) is -0.412. The molecule has 2 aromatic heterocycles. The van der Waals surface area contributed by atoms with E-state index in [1.54, 1.807) is 0 Å². The number of rotatable bonds is 3. The van der Waals surface area contributed by atoms with Crippen molar-refractivity contribution in [3.63, 3.8) is 0 Å². The van der Waals surface area contributed by atoms with E-state index in [4.69, 9.17) is 0 Å². The van der Waals surface area contributed by atoms with Crippen LogP contribution in [0, 0.1) is 11.6 Å². The van der Waals surface area contributed by atoms with Gasteiger partial charge in [0.05, 0.1) is 5.69 Å². The van der Waals surface area contributed by atoms with Crippen molar-refractivity contribution in [1.29, 1.82) is 0 Å². The fourth-order valence-electron chi connectivity index (χ4n) is 2.80. The number of benzene rings is 1. The van der Waals surface area contributed by atoms with Crippen LogP contribution in [0.25, 0.3) is 11.0 Å². The third-order valence-electron chi connectivity index (χ3n) is 4.35. The molecule has 1 N–H and O–H groups in total. The Hall–Kier alpha value is -3.36. The molecule has 0 saturated carbocycles. The molecular formula is C18H16F2N4O3. The van der Waals surface area contributed by atoms with Crippen molar-refractivity contribution < 1.29 is 13.6 Å². The molecule has 140 valence electrons. The zero-order chi connectivity index (χ0) is 19.9. The largest absolute Gasteiger partial charge is 0.332 e. The predicted octanol–water partition coefficient (Wildman–Crippen LogP) is 1.73. The van der Waals surface area contributed by atoms with Crippen molar-refractivity contribution in [2.24, 2.45) is 14.1 Å². The summed E-state index contributed by atoms with van der Waals surface area (Å²) in [5.74, 6) is -2.94. The van der Waals surface area contributed by atoms with Crippen LogP contribution in [0.2, 0.25) is 0 Å². The third kappa shape index (κ3) is 3.01. The second kappa shape index (κ2) is 6.75. The van der Waals surface area contributed by atoms with Crippen molar-refractivity contribution >= 4 is 22.6 Å². The highest BCUT2D eigenvalue weighted by molar-refractivity contribution is 6.08. The van der Waals surface area contributed by atoms with Gasteiger partial charge in [-0.1, -0.05) is 6.92 Å². The van der Waals surface area contributed by atoms with Crippen LogP contribution in [-0.4, -0.2) is 20.0 Å². The summed E-state index contributed by atoms with van der Waals surface area (Å²) in [6, 6.07) is 2.75. The summed E-state index contributed by atoms with van der Waals surface area (Å²) < 4.78 is 28.7. The number of hydrogen-bond donors (Lipinski definition) is 1. The van der Waals surface area contributed by atoms with Crippen LogP contribution in [-0.2, 0) is 20.5 Å². The Balaban J connectivity index is 2.23. The predicted molar refractivity (Wildman–Crippen MR) is 95.9 cm³/mol. The van der Waals surface area contributed by atoms with E-state index in [0.29, 0.717) is 12.0 Å².